The van der Waals surface area contributed by atoms with Crippen LogP contribution in [0.2, 0.25) is 0 Å². The van der Waals surface area contributed by atoms with Gasteiger partial charge in [0.1, 0.15) is 0 Å². The molecule has 1 aromatic carbocycles. The Balaban J connectivity index is 2.31. The lowest BCUT2D eigenvalue weighted by molar-refractivity contribution is 0.0698. The summed E-state index contributed by atoms with van der Waals surface area (Å²) in [4.78, 5) is 10.9. The van der Waals surface area contributed by atoms with Crippen LogP contribution in [-0.2, 0) is 0 Å². The lowest BCUT2D eigenvalue weighted by Crippen LogP contribution is -2.03. The van der Waals surface area contributed by atoms with Crippen molar-refractivity contribution in [1.82, 2.24) is 10.2 Å². The van der Waals surface area contributed by atoms with Gasteiger partial charge in [0.25, 0.3) is 0 Å². The van der Waals surface area contributed by atoms with Gasteiger partial charge in [0.15, 0.2) is 5.82 Å². The molecule has 16 heavy (non-hydrogen) atoms. The van der Waals surface area contributed by atoms with E-state index in [2.05, 4.69) is 15.5 Å². The molecule has 0 unspecified atom stereocenters. The van der Waals surface area contributed by atoms with Crippen LogP contribution >= 0.6 is 0 Å². The smallest absolute Gasteiger partial charge is 0.337 e. The number of anilines is 2. The van der Waals surface area contributed by atoms with E-state index < -0.39 is 5.97 Å². The van der Waals surface area contributed by atoms with Crippen LogP contribution in [-0.4, -0.2) is 21.3 Å². The molecule has 0 aliphatic rings. The molecule has 0 amide bonds. The zero-order chi connectivity index (χ0) is 11.4. The number of aromatic carboxylic acids is 1. The van der Waals surface area contributed by atoms with E-state index in [0.29, 0.717) is 11.5 Å². The predicted molar refractivity (Wildman–Crippen MR) is 58.7 cm³/mol. The number of carboxylic acid groups (broad SMARTS) is 1. The highest BCUT2D eigenvalue weighted by molar-refractivity contribution is 5.94. The van der Waals surface area contributed by atoms with Gasteiger partial charge in [0.05, 0.1) is 11.3 Å². The molecular formula is C11H9N3O2. The highest BCUT2D eigenvalue weighted by Gasteiger charge is 2.08. The Morgan fingerprint density at radius 2 is 2.00 bits per heavy atom. The van der Waals surface area contributed by atoms with Gasteiger partial charge >= 0.3 is 5.97 Å². The number of rotatable bonds is 3. The number of aromatic nitrogens is 2. The van der Waals surface area contributed by atoms with Crippen LogP contribution in [0.15, 0.2) is 42.6 Å². The maximum absolute atomic E-state index is 10.9. The van der Waals surface area contributed by atoms with Crippen molar-refractivity contribution in [3.8, 4) is 0 Å². The molecule has 80 valence electrons. The number of benzene rings is 1. The van der Waals surface area contributed by atoms with Crippen molar-refractivity contribution in [3.05, 3.63) is 48.2 Å². The molecule has 0 atom stereocenters. The van der Waals surface area contributed by atoms with Gasteiger partial charge in [-0.2, -0.15) is 5.10 Å². The summed E-state index contributed by atoms with van der Waals surface area (Å²) in [6, 6.07) is 10.1. The van der Waals surface area contributed by atoms with Crippen molar-refractivity contribution >= 4 is 17.5 Å². The van der Waals surface area contributed by atoms with Crippen LogP contribution in [0.5, 0.6) is 0 Å². The molecule has 0 saturated carbocycles. The quantitative estimate of drug-likeness (QED) is 0.818. The normalized spacial score (nSPS) is 9.75. The maximum atomic E-state index is 10.9. The number of para-hydroxylation sites is 1. The molecular weight excluding hydrogens is 206 g/mol. The first-order valence-corrected chi connectivity index (χ1v) is 4.64. The number of nitrogens with one attached hydrogen (secondary N) is 1. The van der Waals surface area contributed by atoms with Gasteiger partial charge in [-0.3, -0.25) is 0 Å². The molecule has 0 saturated heterocycles. The first kappa shape index (κ1) is 10.1. The van der Waals surface area contributed by atoms with Gasteiger partial charge < -0.3 is 10.4 Å². The fourth-order valence-corrected chi connectivity index (χ4v) is 1.28. The lowest BCUT2D eigenvalue weighted by atomic mass is 10.2. The SMILES string of the molecule is O=C(O)c1ccccc1Nc1cccnn1. The van der Waals surface area contributed by atoms with Crippen molar-refractivity contribution in [3.63, 3.8) is 0 Å². The number of carboxylic acids is 1. The summed E-state index contributed by atoms with van der Waals surface area (Å²) in [5, 5.41) is 19.4. The van der Waals surface area contributed by atoms with Crippen LogP contribution < -0.4 is 5.32 Å². The summed E-state index contributed by atoms with van der Waals surface area (Å²) < 4.78 is 0. The fourth-order valence-electron chi connectivity index (χ4n) is 1.28. The Kier molecular flexibility index (Phi) is 2.77. The van der Waals surface area contributed by atoms with Crippen LogP contribution in [0.25, 0.3) is 0 Å². The third kappa shape index (κ3) is 2.14. The second kappa shape index (κ2) is 4.39. The minimum absolute atomic E-state index is 0.202. The Bertz CT molecular complexity index is 500. The van der Waals surface area contributed by atoms with E-state index in [-0.39, 0.29) is 5.56 Å². The van der Waals surface area contributed by atoms with E-state index in [1.807, 2.05) is 0 Å². The van der Waals surface area contributed by atoms with E-state index in [1.165, 1.54) is 6.07 Å². The van der Waals surface area contributed by atoms with Crippen LogP contribution in [0.1, 0.15) is 10.4 Å². The minimum Gasteiger partial charge on any atom is -0.478 e. The third-order valence-electron chi connectivity index (χ3n) is 1.99. The van der Waals surface area contributed by atoms with Crippen molar-refractivity contribution in [2.24, 2.45) is 0 Å². The average molecular weight is 215 g/mol. The van der Waals surface area contributed by atoms with Crippen LogP contribution in [0, 0.1) is 0 Å². The highest BCUT2D eigenvalue weighted by atomic mass is 16.4. The fraction of sp³-hybridized carbons (Fsp3) is 0. The Labute approximate surface area is 91.8 Å². The third-order valence-corrected chi connectivity index (χ3v) is 1.99. The van der Waals surface area contributed by atoms with E-state index >= 15 is 0 Å². The van der Waals surface area contributed by atoms with Crippen molar-refractivity contribution < 1.29 is 9.90 Å². The molecule has 0 aliphatic heterocycles. The summed E-state index contributed by atoms with van der Waals surface area (Å²) >= 11 is 0. The van der Waals surface area contributed by atoms with E-state index in [1.54, 1.807) is 36.5 Å². The molecule has 5 nitrogen and oxygen atoms in total. The number of hydrogen-bond donors (Lipinski definition) is 2. The monoisotopic (exact) mass is 215 g/mol. The zero-order valence-corrected chi connectivity index (χ0v) is 8.29. The molecule has 1 heterocycles. The van der Waals surface area contributed by atoms with Crippen LogP contribution in [0.3, 0.4) is 0 Å². The molecule has 0 radical (unpaired) electrons. The lowest BCUT2D eigenvalue weighted by Gasteiger charge is -2.07. The summed E-state index contributed by atoms with van der Waals surface area (Å²) in [6.07, 6.45) is 1.55. The van der Waals surface area contributed by atoms with E-state index in [9.17, 15) is 4.79 Å². The summed E-state index contributed by atoms with van der Waals surface area (Å²) in [6.45, 7) is 0. The Hall–Kier alpha value is -2.43. The van der Waals surface area contributed by atoms with Gasteiger partial charge in [0.2, 0.25) is 0 Å². The summed E-state index contributed by atoms with van der Waals surface area (Å²) in [5.74, 6) is -0.469. The van der Waals surface area contributed by atoms with Gasteiger partial charge in [-0.25, -0.2) is 4.79 Å². The molecule has 0 fully saturated rings. The second-order valence-corrected chi connectivity index (χ2v) is 3.08. The standard InChI is InChI=1S/C11H9N3O2/c15-11(16)8-4-1-2-5-9(8)13-10-6-3-7-12-14-10/h1-7H,(H,13,14)(H,15,16). The predicted octanol–water partition coefficient (Wildman–Crippen LogP) is 1.92. The molecule has 2 rings (SSSR count). The number of hydrogen-bond acceptors (Lipinski definition) is 4. The number of nitrogens with zero attached hydrogens (tertiary/aromatic N) is 2. The van der Waals surface area contributed by atoms with Gasteiger partial charge in [-0.05, 0) is 24.3 Å². The molecule has 5 heteroatoms. The Morgan fingerprint density at radius 3 is 2.69 bits per heavy atom. The van der Waals surface area contributed by atoms with Crippen LogP contribution in [0.4, 0.5) is 11.5 Å². The first-order chi connectivity index (χ1) is 7.77. The van der Waals surface area contributed by atoms with Gasteiger partial charge in [-0.1, -0.05) is 12.1 Å². The summed E-state index contributed by atoms with van der Waals surface area (Å²) in [5.41, 5.74) is 0.698. The van der Waals surface area contributed by atoms with Gasteiger partial charge in [0, 0.05) is 6.20 Å². The highest BCUT2D eigenvalue weighted by Crippen LogP contribution is 2.18. The molecule has 2 aromatic rings. The van der Waals surface area contributed by atoms with E-state index in [0.717, 1.165) is 0 Å². The molecule has 0 spiro atoms. The van der Waals surface area contributed by atoms with Gasteiger partial charge in [-0.15, -0.1) is 5.10 Å². The maximum Gasteiger partial charge on any atom is 0.337 e. The molecule has 0 aliphatic carbocycles. The summed E-state index contributed by atoms with van der Waals surface area (Å²) in [7, 11) is 0. The van der Waals surface area contributed by atoms with E-state index in [4.69, 9.17) is 5.11 Å². The second-order valence-electron chi connectivity index (χ2n) is 3.08. The molecule has 2 N–H and O–H groups in total. The molecule has 1 aromatic heterocycles. The number of carbonyl (C=O) groups is 1. The van der Waals surface area contributed by atoms with Crippen molar-refractivity contribution in [2.45, 2.75) is 0 Å². The topological polar surface area (TPSA) is 75.1 Å². The van der Waals surface area contributed by atoms with Crippen molar-refractivity contribution in [1.29, 1.82) is 0 Å². The largest absolute Gasteiger partial charge is 0.478 e. The first-order valence-electron chi connectivity index (χ1n) is 4.64. The molecule has 0 bridgehead atoms. The average Bonchev–Trinajstić information content (AvgIpc) is 2.31. The minimum atomic E-state index is -0.980. The zero-order valence-electron chi connectivity index (χ0n) is 8.29. The Morgan fingerprint density at radius 1 is 1.19 bits per heavy atom. The van der Waals surface area contributed by atoms with Crippen molar-refractivity contribution in [2.75, 3.05) is 5.32 Å².